The number of aromatic nitrogens is 1. The van der Waals surface area contributed by atoms with Crippen molar-refractivity contribution in [3.63, 3.8) is 0 Å². The van der Waals surface area contributed by atoms with Gasteiger partial charge in [-0.2, -0.15) is 0 Å². The third-order valence-electron chi connectivity index (χ3n) is 5.03. The van der Waals surface area contributed by atoms with Crippen molar-refractivity contribution < 1.29 is 13.2 Å². The average Bonchev–Trinajstić information content (AvgIpc) is 2.80. The van der Waals surface area contributed by atoms with Crippen LogP contribution in [0.3, 0.4) is 0 Å². The zero-order valence-electron chi connectivity index (χ0n) is 16.8. The maximum Gasteiger partial charge on any atom is 0.182 e. The van der Waals surface area contributed by atoms with Crippen LogP contribution >= 0.6 is 8.19 Å². The summed E-state index contributed by atoms with van der Waals surface area (Å²) >= 11 is 0. The average molecular weight is 441 g/mol. The van der Waals surface area contributed by atoms with Gasteiger partial charge in [-0.3, -0.25) is 0 Å². The van der Waals surface area contributed by atoms with Crippen molar-refractivity contribution in [2.24, 2.45) is 0 Å². The summed E-state index contributed by atoms with van der Waals surface area (Å²) in [5, 5.41) is 3.05. The summed E-state index contributed by atoms with van der Waals surface area (Å²) in [6.45, 7) is 2.76. The molecule has 0 aliphatic carbocycles. The quantitative estimate of drug-likeness (QED) is 0.619. The third-order valence-corrected chi connectivity index (χ3v) is 7.69. The molecule has 1 aliphatic rings. The van der Waals surface area contributed by atoms with Crippen molar-refractivity contribution in [2.75, 3.05) is 43.6 Å². The van der Waals surface area contributed by atoms with Crippen LogP contribution in [0.15, 0.2) is 65.4 Å². The van der Waals surface area contributed by atoms with E-state index in [1.165, 1.54) is 0 Å². The molecule has 30 heavy (non-hydrogen) atoms. The Kier molecular flexibility index (Phi) is 6.32. The summed E-state index contributed by atoms with van der Waals surface area (Å²) in [5.41, 5.74) is 4.32. The highest BCUT2D eigenvalue weighted by Crippen LogP contribution is 2.33. The Hall–Kier alpha value is -2.47. The molecule has 2 heterocycles. The Morgan fingerprint density at radius 3 is 2.53 bits per heavy atom. The van der Waals surface area contributed by atoms with Crippen LogP contribution < -0.4 is 10.2 Å². The zero-order valence-corrected chi connectivity index (χ0v) is 18.5. The molecule has 2 aromatic carbocycles. The largest absolute Gasteiger partial charge is 0.378 e. The molecule has 1 N–H and O–H groups in total. The molecule has 0 saturated carbocycles. The molecule has 0 bridgehead atoms. The van der Waals surface area contributed by atoms with E-state index in [2.05, 4.69) is 15.2 Å². The van der Waals surface area contributed by atoms with E-state index in [1.807, 2.05) is 49.2 Å². The van der Waals surface area contributed by atoms with Crippen LogP contribution in [-0.2, 0) is 20.3 Å². The van der Waals surface area contributed by atoms with Gasteiger partial charge >= 0.3 is 0 Å². The van der Waals surface area contributed by atoms with Crippen molar-refractivity contribution >= 4 is 29.3 Å². The molecule has 156 valence electrons. The second-order valence-corrected chi connectivity index (χ2v) is 10.0. The summed E-state index contributed by atoms with van der Waals surface area (Å²) in [6, 6.07) is 14.9. The number of hydrogen-bond acceptors (Lipinski definition) is 6. The SMILES string of the molecule is CNc1ncc(-c2cc(N3CCOCC3)cc(S(=O)(=O)Cc3ccccc3)c2)cp1. The Bertz CT molecular complexity index is 1100. The minimum Gasteiger partial charge on any atom is -0.378 e. The number of sulfone groups is 1. The van der Waals surface area contributed by atoms with E-state index >= 15 is 0 Å². The minimum atomic E-state index is -3.50. The number of benzene rings is 2. The van der Waals surface area contributed by atoms with E-state index in [9.17, 15) is 8.42 Å². The number of morpholine rings is 1. The second-order valence-electron chi connectivity index (χ2n) is 7.11. The second kappa shape index (κ2) is 9.13. The fourth-order valence-corrected chi connectivity index (χ4v) is 5.55. The lowest BCUT2D eigenvalue weighted by Gasteiger charge is -2.29. The summed E-state index contributed by atoms with van der Waals surface area (Å²) in [5.74, 6) is 2.02. The molecule has 1 aliphatic heterocycles. The highest BCUT2D eigenvalue weighted by Gasteiger charge is 2.20. The van der Waals surface area contributed by atoms with E-state index in [4.69, 9.17) is 4.74 Å². The van der Waals surface area contributed by atoms with Crippen LogP contribution in [-0.4, -0.2) is 46.8 Å². The monoisotopic (exact) mass is 441 g/mol. The minimum absolute atomic E-state index is 0.0249. The first-order valence-corrected chi connectivity index (χ1v) is 12.4. The van der Waals surface area contributed by atoms with Gasteiger partial charge in [0, 0.05) is 37.6 Å². The fraction of sp³-hybridized carbons (Fsp3) is 0.273. The van der Waals surface area contributed by atoms with Gasteiger partial charge in [0.25, 0.3) is 0 Å². The maximum absolute atomic E-state index is 13.3. The molecule has 0 spiro atoms. The zero-order chi connectivity index (χ0) is 21.0. The number of rotatable bonds is 6. The first-order chi connectivity index (χ1) is 14.5. The van der Waals surface area contributed by atoms with Crippen molar-refractivity contribution in [2.45, 2.75) is 10.6 Å². The lowest BCUT2D eigenvalue weighted by Crippen LogP contribution is -2.36. The van der Waals surface area contributed by atoms with E-state index in [0.717, 1.165) is 49.2 Å². The van der Waals surface area contributed by atoms with E-state index in [1.54, 1.807) is 18.3 Å². The number of ether oxygens (including phenoxy) is 1. The van der Waals surface area contributed by atoms with Gasteiger partial charge in [0.15, 0.2) is 15.4 Å². The molecular formula is C22H24N3O3PS. The van der Waals surface area contributed by atoms with Crippen molar-refractivity contribution in [3.8, 4) is 11.1 Å². The fourth-order valence-electron chi connectivity index (χ4n) is 3.42. The number of hydrogen-bond donors (Lipinski definition) is 1. The van der Waals surface area contributed by atoms with Crippen LogP contribution in [0.4, 0.5) is 11.2 Å². The maximum atomic E-state index is 13.3. The normalized spacial score (nSPS) is 14.8. The van der Waals surface area contributed by atoms with E-state index < -0.39 is 9.84 Å². The van der Waals surface area contributed by atoms with Gasteiger partial charge in [0.1, 0.15) is 0 Å². The predicted octanol–water partition coefficient (Wildman–Crippen LogP) is 4.18. The van der Waals surface area contributed by atoms with Gasteiger partial charge in [-0.1, -0.05) is 30.3 Å². The molecule has 3 aromatic rings. The van der Waals surface area contributed by atoms with Gasteiger partial charge in [-0.25, -0.2) is 13.4 Å². The van der Waals surface area contributed by atoms with Crippen LogP contribution in [0.5, 0.6) is 0 Å². The molecule has 1 aromatic heterocycles. The summed E-state index contributed by atoms with van der Waals surface area (Å²) in [6.07, 6.45) is 1.79. The molecule has 1 fully saturated rings. The molecule has 4 rings (SSSR count). The topological polar surface area (TPSA) is 71.5 Å². The summed E-state index contributed by atoms with van der Waals surface area (Å²) in [7, 11) is -0.706. The molecule has 1 saturated heterocycles. The van der Waals surface area contributed by atoms with Gasteiger partial charge in [0.2, 0.25) is 0 Å². The van der Waals surface area contributed by atoms with Gasteiger partial charge in [0.05, 0.1) is 23.9 Å². The molecule has 0 radical (unpaired) electrons. The van der Waals surface area contributed by atoms with Crippen LogP contribution in [0.2, 0.25) is 0 Å². The standard InChI is InChI=1S/C22H24N3O3PS/c1-23-22-24-14-19(15-29-22)18-11-20(25-7-9-28-10-8-25)13-21(12-18)30(26,27)16-17-5-3-2-4-6-17/h2-6,11-15H,7-10,16H2,1H3,(H,23,24). The molecular weight excluding hydrogens is 417 g/mol. The predicted molar refractivity (Wildman–Crippen MR) is 122 cm³/mol. The molecule has 6 nitrogen and oxygen atoms in total. The number of nitrogens with zero attached hydrogens (tertiary/aromatic N) is 2. The lowest BCUT2D eigenvalue weighted by molar-refractivity contribution is 0.122. The molecule has 0 unspecified atom stereocenters. The van der Waals surface area contributed by atoms with Gasteiger partial charge in [-0.15, -0.1) is 0 Å². The van der Waals surface area contributed by atoms with Crippen LogP contribution in [0.25, 0.3) is 11.1 Å². The first-order valence-electron chi connectivity index (χ1n) is 9.80. The van der Waals surface area contributed by atoms with Gasteiger partial charge < -0.3 is 15.0 Å². The molecule has 8 heteroatoms. The molecule has 0 amide bonds. The Balaban J connectivity index is 1.76. The van der Waals surface area contributed by atoms with E-state index in [-0.39, 0.29) is 5.75 Å². The molecule has 0 atom stereocenters. The summed E-state index contributed by atoms with van der Waals surface area (Å²) < 4.78 is 32.0. The lowest BCUT2D eigenvalue weighted by atomic mass is 10.1. The van der Waals surface area contributed by atoms with Crippen molar-refractivity contribution in [1.82, 2.24) is 4.98 Å². The van der Waals surface area contributed by atoms with E-state index in [0.29, 0.717) is 18.1 Å². The third kappa shape index (κ3) is 4.81. The summed E-state index contributed by atoms with van der Waals surface area (Å²) in [4.78, 5) is 6.94. The Morgan fingerprint density at radius 2 is 1.87 bits per heavy atom. The van der Waals surface area contributed by atoms with Crippen LogP contribution in [0.1, 0.15) is 5.56 Å². The Morgan fingerprint density at radius 1 is 1.10 bits per heavy atom. The van der Waals surface area contributed by atoms with Gasteiger partial charge in [-0.05, 0) is 43.3 Å². The smallest absolute Gasteiger partial charge is 0.182 e. The van der Waals surface area contributed by atoms with Crippen molar-refractivity contribution in [3.05, 3.63) is 66.1 Å². The highest BCUT2D eigenvalue weighted by molar-refractivity contribution is 7.90. The van der Waals surface area contributed by atoms with Crippen molar-refractivity contribution in [1.29, 1.82) is 0 Å². The Labute approximate surface area is 178 Å². The number of anilines is 2. The number of nitrogens with one attached hydrogen (secondary N) is 1. The first kappa shape index (κ1) is 20.8. The van der Waals surface area contributed by atoms with Crippen LogP contribution in [0, 0.1) is 0 Å². The highest BCUT2D eigenvalue weighted by atomic mass is 32.2.